The topological polar surface area (TPSA) is 83.6 Å². The van der Waals surface area contributed by atoms with Crippen LogP contribution in [0.3, 0.4) is 0 Å². The maximum absolute atomic E-state index is 12.9. The van der Waals surface area contributed by atoms with Gasteiger partial charge >= 0.3 is 0 Å². The summed E-state index contributed by atoms with van der Waals surface area (Å²) in [5.74, 6) is -0.703. The van der Waals surface area contributed by atoms with Crippen molar-refractivity contribution in [3.05, 3.63) is 64.1 Å². The molecule has 0 aromatic heterocycles. The van der Waals surface area contributed by atoms with Gasteiger partial charge in [0, 0.05) is 18.1 Å². The highest BCUT2D eigenvalue weighted by molar-refractivity contribution is 7.91. The molecular formula is C21H22Cl2N2O4S. The standard InChI is InChI=1S/C21H22Cl2N2O4S/c22-15-9-10-18(23)17(14-15)21(27)25-12-4-8-19(25)20(26)24-11-5-13-30(28,29)16-6-2-1-3-7-16/h1-3,6-7,9-10,14,19H,4-5,8,11-13H2,(H,24,26). The fourth-order valence-electron chi connectivity index (χ4n) is 3.44. The average Bonchev–Trinajstić information content (AvgIpc) is 3.23. The third kappa shape index (κ3) is 5.33. The summed E-state index contributed by atoms with van der Waals surface area (Å²) in [6, 6.07) is 12.2. The Kier molecular flexibility index (Phi) is 7.39. The van der Waals surface area contributed by atoms with Gasteiger partial charge in [-0.15, -0.1) is 0 Å². The van der Waals surface area contributed by atoms with E-state index < -0.39 is 15.9 Å². The lowest BCUT2D eigenvalue weighted by Crippen LogP contribution is -2.46. The van der Waals surface area contributed by atoms with E-state index in [0.717, 1.165) is 0 Å². The minimum absolute atomic E-state index is 0.0667. The molecule has 1 heterocycles. The lowest BCUT2D eigenvalue weighted by atomic mass is 10.1. The third-order valence-electron chi connectivity index (χ3n) is 4.97. The fraction of sp³-hybridized carbons (Fsp3) is 0.333. The number of hydrogen-bond donors (Lipinski definition) is 1. The Bertz CT molecular complexity index is 1030. The van der Waals surface area contributed by atoms with Crippen LogP contribution in [0.1, 0.15) is 29.6 Å². The first-order valence-corrected chi connectivity index (χ1v) is 12.0. The molecular weight excluding hydrogens is 447 g/mol. The van der Waals surface area contributed by atoms with Gasteiger partial charge in [-0.25, -0.2) is 8.42 Å². The van der Waals surface area contributed by atoms with Crippen molar-refractivity contribution in [2.75, 3.05) is 18.8 Å². The number of benzene rings is 2. The van der Waals surface area contributed by atoms with Gasteiger partial charge in [-0.2, -0.15) is 0 Å². The highest BCUT2D eigenvalue weighted by atomic mass is 35.5. The van der Waals surface area contributed by atoms with E-state index in [1.54, 1.807) is 42.5 Å². The molecule has 1 atom stereocenters. The zero-order valence-corrected chi connectivity index (χ0v) is 18.5. The monoisotopic (exact) mass is 468 g/mol. The Labute approximate surface area is 186 Å². The molecule has 2 amide bonds. The number of sulfone groups is 1. The molecule has 9 heteroatoms. The van der Waals surface area contributed by atoms with Crippen LogP contribution in [0.4, 0.5) is 0 Å². The van der Waals surface area contributed by atoms with Crippen molar-refractivity contribution in [1.29, 1.82) is 0 Å². The van der Waals surface area contributed by atoms with E-state index in [1.807, 2.05) is 0 Å². The molecule has 1 aliphatic rings. The first-order chi connectivity index (χ1) is 14.3. The zero-order valence-electron chi connectivity index (χ0n) is 16.2. The number of hydrogen-bond acceptors (Lipinski definition) is 4. The van der Waals surface area contributed by atoms with Gasteiger partial charge in [0.1, 0.15) is 6.04 Å². The van der Waals surface area contributed by atoms with Crippen molar-refractivity contribution < 1.29 is 18.0 Å². The van der Waals surface area contributed by atoms with E-state index in [-0.39, 0.29) is 46.0 Å². The SMILES string of the molecule is O=C(NCCCS(=O)(=O)c1ccccc1)C1CCCN1C(=O)c1cc(Cl)ccc1Cl. The summed E-state index contributed by atoms with van der Waals surface area (Å²) in [4.78, 5) is 27.3. The lowest BCUT2D eigenvalue weighted by Gasteiger charge is -2.24. The number of carbonyl (C=O) groups is 2. The molecule has 160 valence electrons. The number of halogens is 2. The summed E-state index contributed by atoms with van der Waals surface area (Å²) in [6.07, 6.45) is 1.52. The van der Waals surface area contributed by atoms with Crippen LogP contribution in [0.25, 0.3) is 0 Å². The second kappa shape index (κ2) is 9.81. The molecule has 1 fully saturated rings. The lowest BCUT2D eigenvalue weighted by molar-refractivity contribution is -0.124. The molecule has 30 heavy (non-hydrogen) atoms. The number of likely N-dealkylation sites (tertiary alicyclic amines) is 1. The van der Waals surface area contributed by atoms with E-state index in [0.29, 0.717) is 24.4 Å². The van der Waals surface area contributed by atoms with E-state index in [4.69, 9.17) is 23.2 Å². The van der Waals surface area contributed by atoms with E-state index in [1.165, 1.54) is 11.0 Å². The molecule has 0 saturated carbocycles. The highest BCUT2D eigenvalue weighted by Gasteiger charge is 2.35. The van der Waals surface area contributed by atoms with Crippen LogP contribution in [-0.4, -0.2) is 50.0 Å². The predicted octanol–water partition coefficient (Wildman–Crippen LogP) is 3.58. The van der Waals surface area contributed by atoms with Crippen LogP contribution in [0.5, 0.6) is 0 Å². The molecule has 0 bridgehead atoms. The number of nitrogens with zero attached hydrogens (tertiary/aromatic N) is 1. The van der Waals surface area contributed by atoms with Gasteiger partial charge in [0.15, 0.2) is 9.84 Å². The largest absolute Gasteiger partial charge is 0.354 e. The molecule has 2 aromatic rings. The summed E-state index contributed by atoms with van der Waals surface area (Å²) in [5.41, 5.74) is 0.262. The molecule has 3 rings (SSSR count). The summed E-state index contributed by atoms with van der Waals surface area (Å²) in [6.45, 7) is 0.656. The summed E-state index contributed by atoms with van der Waals surface area (Å²) in [5, 5.41) is 3.43. The van der Waals surface area contributed by atoms with Gasteiger partial charge in [-0.05, 0) is 49.6 Å². The van der Waals surface area contributed by atoms with Gasteiger partial charge in [0.2, 0.25) is 5.91 Å². The molecule has 1 N–H and O–H groups in total. The van der Waals surface area contributed by atoms with Crippen LogP contribution >= 0.6 is 23.2 Å². The van der Waals surface area contributed by atoms with Crippen LogP contribution in [-0.2, 0) is 14.6 Å². The first-order valence-electron chi connectivity index (χ1n) is 9.61. The Morgan fingerprint density at radius 3 is 2.57 bits per heavy atom. The quantitative estimate of drug-likeness (QED) is 0.629. The minimum atomic E-state index is -3.39. The molecule has 6 nitrogen and oxygen atoms in total. The van der Waals surface area contributed by atoms with Crippen molar-refractivity contribution >= 4 is 44.9 Å². The van der Waals surface area contributed by atoms with Crippen molar-refractivity contribution in [3.8, 4) is 0 Å². The smallest absolute Gasteiger partial charge is 0.256 e. The van der Waals surface area contributed by atoms with Crippen molar-refractivity contribution in [2.45, 2.75) is 30.2 Å². The highest BCUT2D eigenvalue weighted by Crippen LogP contribution is 2.26. The number of carbonyl (C=O) groups excluding carboxylic acids is 2. The van der Waals surface area contributed by atoms with E-state index in [2.05, 4.69) is 5.32 Å². The summed E-state index contributed by atoms with van der Waals surface area (Å²) in [7, 11) is -3.39. The Hall–Kier alpha value is -2.09. The van der Waals surface area contributed by atoms with Crippen molar-refractivity contribution in [3.63, 3.8) is 0 Å². The van der Waals surface area contributed by atoms with Gasteiger partial charge in [0.05, 0.1) is 21.2 Å². The molecule has 1 aliphatic heterocycles. The second-order valence-electron chi connectivity index (χ2n) is 7.06. The number of rotatable bonds is 7. The Morgan fingerprint density at radius 2 is 1.83 bits per heavy atom. The van der Waals surface area contributed by atoms with Crippen LogP contribution in [0, 0.1) is 0 Å². The molecule has 1 unspecified atom stereocenters. The maximum atomic E-state index is 12.9. The van der Waals surface area contributed by atoms with E-state index >= 15 is 0 Å². The van der Waals surface area contributed by atoms with Crippen LogP contribution in [0.15, 0.2) is 53.4 Å². The van der Waals surface area contributed by atoms with Crippen molar-refractivity contribution in [1.82, 2.24) is 10.2 Å². The van der Waals surface area contributed by atoms with Crippen LogP contribution < -0.4 is 5.32 Å². The van der Waals surface area contributed by atoms with E-state index in [9.17, 15) is 18.0 Å². The number of nitrogens with one attached hydrogen (secondary N) is 1. The second-order valence-corrected chi connectivity index (χ2v) is 10.0. The summed E-state index contributed by atoms with van der Waals surface area (Å²) < 4.78 is 24.6. The van der Waals surface area contributed by atoms with Gasteiger partial charge in [-0.1, -0.05) is 41.4 Å². The molecule has 2 aromatic carbocycles. The average molecular weight is 469 g/mol. The van der Waals surface area contributed by atoms with Crippen LogP contribution in [0.2, 0.25) is 10.0 Å². The Morgan fingerprint density at radius 1 is 1.10 bits per heavy atom. The first kappa shape index (κ1) is 22.6. The predicted molar refractivity (Wildman–Crippen MR) is 117 cm³/mol. The molecule has 1 saturated heterocycles. The maximum Gasteiger partial charge on any atom is 0.256 e. The zero-order chi connectivity index (χ0) is 21.7. The minimum Gasteiger partial charge on any atom is -0.354 e. The van der Waals surface area contributed by atoms with Gasteiger partial charge in [-0.3, -0.25) is 9.59 Å². The molecule has 0 aliphatic carbocycles. The molecule has 0 radical (unpaired) electrons. The van der Waals surface area contributed by atoms with Gasteiger partial charge < -0.3 is 10.2 Å². The molecule has 0 spiro atoms. The summed E-state index contributed by atoms with van der Waals surface area (Å²) >= 11 is 12.1. The normalized spacial score (nSPS) is 16.5. The number of amides is 2. The van der Waals surface area contributed by atoms with Gasteiger partial charge in [0.25, 0.3) is 5.91 Å². The van der Waals surface area contributed by atoms with Crippen molar-refractivity contribution in [2.24, 2.45) is 0 Å². The Balaban J connectivity index is 1.56. The third-order valence-corrected chi connectivity index (χ3v) is 7.35. The fourth-order valence-corrected chi connectivity index (χ4v) is 5.14.